The van der Waals surface area contributed by atoms with Crippen LogP contribution in [0.5, 0.6) is 5.75 Å². The lowest BCUT2D eigenvalue weighted by Gasteiger charge is -2.10. The molecule has 0 aliphatic rings. The van der Waals surface area contributed by atoms with Crippen LogP contribution in [-0.2, 0) is 0 Å². The van der Waals surface area contributed by atoms with E-state index in [0.717, 1.165) is 11.1 Å². The normalized spacial score (nSPS) is 10.5. The first-order valence-electron chi connectivity index (χ1n) is 3.82. The zero-order valence-electron chi connectivity index (χ0n) is 7.47. The fourth-order valence-electron chi connectivity index (χ4n) is 1.13. The summed E-state index contributed by atoms with van der Waals surface area (Å²) in [7, 11) is 0. The number of rotatable bonds is 2. The van der Waals surface area contributed by atoms with Gasteiger partial charge in [-0.05, 0) is 31.0 Å². The number of nitrogens with two attached hydrogens (primary N) is 1. The van der Waals surface area contributed by atoms with Crippen molar-refractivity contribution in [3.8, 4) is 5.75 Å². The highest BCUT2D eigenvalue weighted by molar-refractivity contribution is 5.59. The smallest absolute Gasteiger partial charge is 0.387 e. The van der Waals surface area contributed by atoms with Gasteiger partial charge in [-0.1, -0.05) is 6.07 Å². The summed E-state index contributed by atoms with van der Waals surface area (Å²) in [5, 5.41) is 0. The number of hydrogen-bond acceptors (Lipinski definition) is 2. The molecule has 4 heteroatoms. The van der Waals surface area contributed by atoms with Crippen LogP contribution in [0.3, 0.4) is 0 Å². The predicted octanol–water partition coefficient (Wildman–Crippen LogP) is 2.49. The Hall–Kier alpha value is -1.32. The van der Waals surface area contributed by atoms with Gasteiger partial charge < -0.3 is 10.5 Å². The first-order chi connectivity index (χ1) is 6.00. The number of halogens is 2. The lowest BCUT2D eigenvalue weighted by Crippen LogP contribution is -2.05. The Balaban J connectivity index is 3.05. The molecule has 1 aromatic carbocycles. The first kappa shape index (κ1) is 9.77. The highest BCUT2D eigenvalue weighted by atomic mass is 19.3. The third-order valence-corrected chi connectivity index (χ3v) is 1.71. The SMILES string of the molecule is Cc1cc(C)c(N)c(OC(F)F)c1. The third kappa shape index (κ3) is 2.31. The van der Waals surface area contributed by atoms with Gasteiger partial charge in [0, 0.05) is 0 Å². The molecule has 0 atom stereocenters. The van der Waals surface area contributed by atoms with Gasteiger partial charge in [0.2, 0.25) is 0 Å². The second-order valence-electron chi connectivity index (χ2n) is 2.87. The lowest BCUT2D eigenvalue weighted by atomic mass is 10.1. The van der Waals surface area contributed by atoms with E-state index in [1.54, 1.807) is 13.8 Å². The van der Waals surface area contributed by atoms with Crippen LogP contribution in [0.25, 0.3) is 0 Å². The van der Waals surface area contributed by atoms with Gasteiger partial charge in [0.05, 0.1) is 5.69 Å². The van der Waals surface area contributed by atoms with E-state index in [0.29, 0.717) is 0 Å². The summed E-state index contributed by atoms with van der Waals surface area (Å²) in [4.78, 5) is 0. The van der Waals surface area contributed by atoms with Crippen LogP contribution >= 0.6 is 0 Å². The summed E-state index contributed by atoms with van der Waals surface area (Å²) < 4.78 is 28.0. The molecule has 13 heavy (non-hydrogen) atoms. The molecule has 2 N–H and O–H groups in total. The summed E-state index contributed by atoms with van der Waals surface area (Å²) in [6, 6.07) is 3.31. The van der Waals surface area contributed by atoms with Gasteiger partial charge in [-0.15, -0.1) is 0 Å². The monoisotopic (exact) mass is 187 g/mol. The second-order valence-corrected chi connectivity index (χ2v) is 2.87. The molecule has 0 fully saturated rings. The van der Waals surface area contributed by atoms with Crippen molar-refractivity contribution in [1.82, 2.24) is 0 Å². The molecule has 0 spiro atoms. The maximum Gasteiger partial charge on any atom is 0.387 e. The summed E-state index contributed by atoms with van der Waals surface area (Å²) in [6.07, 6.45) is 0. The van der Waals surface area contributed by atoms with Gasteiger partial charge in [0.25, 0.3) is 0 Å². The molecule has 72 valence electrons. The fourth-order valence-corrected chi connectivity index (χ4v) is 1.13. The van der Waals surface area contributed by atoms with E-state index >= 15 is 0 Å². The zero-order chi connectivity index (χ0) is 10.0. The van der Waals surface area contributed by atoms with Crippen LogP contribution in [-0.4, -0.2) is 6.61 Å². The Kier molecular flexibility index (Phi) is 2.70. The molecule has 0 heterocycles. The minimum absolute atomic E-state index is 0.0486. The molecule has 0 saturated carbocycles. The molecule has 0 aromatic heterocycles. The minimum Gasteiger partial charge on any atom is -0.433 e. The van der Waals surface area contributed by atoms with E-state index in [1.807, 2.05) is 6.07 Å². The minimum atomic E-state index is -2.83. The van der Waals surface area contributed by atoms with Crippen LogP contribution in [0.15, 0.2) is 12.1 Å². The quantitative estimate of drug-likeness (QED) is 0.722. The summed E-state index contributed by atoms with van der Waals surface area (Å²) in [6.45, 7) is 0.717. The second kappa shape index (κ2) is 3.60. The largest absolute Gasteiger partial charge is 0.433 e. The first-order valence-corrected chi connectivity index (χ1v) is 3.82. The Bertz CT molecular complexity index is 313. The molecular formula is C9H11F2NO. The molecular weight excluding hydrogens is 176 g/mol. The van der Waals surface area contributed by atoms with Gasteiger partial charge in [-0.25, -0.2) is 0 Å². The number of aryl methyl sites for hydroxylation is 2. The topological polar surface area (TPSA) is 35.2 Å². The summed E-state index contributed by atoms with van der Waals surface area (Å²) >= 11 is 0. The number of hydrogen-bond donors (Lipinski definition) is 1. The maximum atomic E-state index is 11.9. The van der Waals surface area contributed by atoms with Crippen LogP contribution in [0, 0.1) is 13.8 Å². The van der Waals surface area contributed by atoms with E-state index in [9.17, 15) is 8.78 Å². The highest BCUT2D eigenvalue weighted by Gasteiger charge is 2.09. The molecule has 0 saturated heterocycles. The van der Waals surface area contributed by atoms with E-state index in [1.165, 1.54) is 6.07 Å². The molecule has 0 radical (unpaired) electrons. The average Bonchev–Trinajstić information content (AvgIpc) is 1.98. The van der Waals surface area contributed by atoms with Crippen molar-refractivity contribution < 1.29 is 13.5 Å². The van der Waals surface area contributed by atoms with Gasteiger partial charge in [-0.2, -0.15) is 8.78 Å². The number of alkyl halides is 2. The van der Waals surface area contributed by atoms with Crippen LogP contribution < -0.4 is 10.5 Å². The van der Waals surface area contributed by atoms with E-state index < -0.39 is 6.61 Å². The highest BCUT2D eigenvalue weighted by Crippen LogP contribution is 2.27. The fraction of sp³-hybridized carbons (Fsp3) is 0.333. The van der Waals surface area contributed by atoms with Crippen molar-refractivity contribution in [3.63, 3.8) is 0 Å². The zero-order valence-corrected chi connectivity index (χ0v) is 7.47. The molecule has 0 amide bonds. The van der Waals surface area contributed by atoms with E-state index in [2.05, 4.69) is 4.74 Å². The Morgan fingerprint density at radius 1 is 1.31 bits per heavy atom. The van der Waals surface area contributed by atoms with Crippen LogP contribution in [0.4, 0.5) is 14.5 Å². The molecule has 0 aliphatic carbocycles. The van der Waals surface area contributed by atoms with Gasteiger partial charge in [-0.3, -0.25) is 0 Å². The van der Waals surface area contributed by atoms with Crippen molar-refractivity contribution in [1.29, 1.82) is 0 Å². The molecule has 1 aromatic rings. The lowest BCUT2D eigenvalue weighted by molar-refractivity contribution is -0.0493. The van der Waals surface area contributed by atoms with Crippen molar-refractivity contribution in [3.05, 3.63) is 23.3 Å². The standard InChI is InChI=1S/C9H11F2NO/c1-5-3-6(2)8(12)7(4-5)13-9(10)11/h3-4,9H,12H2,1-2H3. The average molecular weight is 187 g/mol. The van der Waals surface area contributed by atoms with Crippen LogP contribution in [0.2, 0.25) is 0 Å². The Morgan fingerprint density at radius 2 is 1.92 bits per heavy atom. The van der Waals surface area contributed by atoms with Crippen molar-refractivity contribution >= 4 is 5.69 Å². The molecule has 0 unspecified atom stereocenters. The number of nitrogen functional groups attached to an aromatic ring is 1. The van der Waals surface area contributed by atoms with Gasteiger partial charge in [0.15, 0.2) is 0 Å². The van der Waals surface area contributed by atoms with E-state index in [4.69, 9.17) is 5.73 Å². The number of benzene rings is 1. The number of anilines is 1. The Morgan fingerprint density at radius 3 is 2.46 bits per heavy atom. The van der Waals surface area contributed by atoms with Gasteiger partial charge in [0.1, 0.15) is 5.75 Å². The van der Waals surface area contributed by atoms with Crippen LogP contribution in [0.1, 0.15) is 11.1 Å². The van der Waals surface area contributed by atoms with Crippen molar-refractivity contribution in [2.75, 3.05) is 5.73 Å². The molecule has 2 nitrogen and oxygen atoms in total. The van der Waals surface area contributed by atoms with Gasteiger partial charge >= 0.3 is 6.61 Å². The molecule has 1 rings (SSSR count). The van der Waals surface area contributed by atoms with Crippen molar-refractivity contribution in [2.24, 2.45) is 0 Å². The Labute approximate surface area is 75.3 Å². The molecule has 0 bridgehead atoms. The predicted molar refractivity (Wildman–Crippen MR) is 47.0 cm³/mol. The third-order valence-electron chi connectivity index (χ3n) is 1.71. The molecule has 0 aliphatic heterocycles. The summed E-state index contributed by atoms with van der Waals surface area (Å²) in [5.41, 5.74) is 7.41. The van der Waals surface area contributed by atoms with Crippen molar-refractivity contribution in [2.45, 2.75) is 20.5 Å². The summed E-state index contributed by atoms with van der Waals surface area (Å²) in [5.74, 6) is 0.0486. The van der Waals surface area contributed by atoms with E-state index in [-0.39, 0.29) is 11.4 Å². The number of ether oxygens (including phenoxy) is 1. The maximum absolute atomic E-state index is 11.9.